The van der Waals surface area contributed by atoms with Crippen LogP contribution in [0.5, 0.6) is 0 Å². The molecule has 5 rings (SSSR count). The molecule has 1 aliphatic rings. The maximum Gasteiger partial charge on any atom is 0.159 e. The average molecular weight is 433 g/mol. The van der Waals surface area contributed by atoms with Gasteiger partial charge in [-0.05, 0) is 55.0 Å². The summed E-state index contributed by atoms with van der Waals surface area (Å²) in [6.07, 6.45) is 1.62. The molecule has 2 aromatic carbocycles. The highest BCUT2D eigenvalue weighted by Gasteiger charge is 2.21. The maximum absolute atomic E-state index is 13.3. The number of aromatic nitrogens is 2. The number of fused-ring (bicyclic) bond motifs is 1. The molecule has 3 heterocycles. The molecule has 0 spiro atoms. The van der Waals surface area contributed by atoms with Crippen molar-refractivity contribution in [2.75, 3.05) is 36.0 Å². The van der Waals surface area contributed by atoms with Gasteiger partial charge in [-0.25, -0.2) is 14.4 Å². The third-order valence-electron chi connectivity index (χ3n) is 5.64. The predicted molar refractivity (Wildman–Crippen MR) is 124 cm³/mol. The number of nitrogens with zero attached hydrogens (tertiary/aromatic N) is 4. The fourth-order valence-electron chi connectivity index (χ4n) is 3.91. The third-order valence-corrected chi connectivity index (χ3v) is 6.81. The predicted octanol–water partition coefficient (Wildman–Crippen LogP) is 5.03. The van der Waals surface area contributed by atoms with Gasteiger partial charge in [0, 0.05) is 42.3 Å². The summed E-state index contributed by atoms with van der Waals surface area (Å²) < 4.78 is 14.3. The van der Waals surface area contributed by atoms with E-state index in [0.717, 1.165) is 63.9 Å². The van der Waals surface area contributed by atoms with Crippen LogP contribution in [0.4, 0.5) is 15.9 Å². The minimum atomic E-state index is -0.237. The van der Waals surface area contributed by atoms with Crippen LogP contribution in [0, 0.1) is 5.82 Å². The van der Waals surface area contributed by atoms with E-state index in [0.29, 0.717) is 0 Å². The van der Waals surface area contributed by atoms with Crippen LogP contribution in [0.2, 0.25) is 0 Å². The van der Waals surface area contributed by atoms with E-state index in [1.807, 2.05) is 30.3 Å². The first-order chi connectivity index (χ1) is 15.1. The molecule has 1 saturated heterocycles. The number of rotatable bonds is 4. The molecule has 0 bridgehead atoms. The molecule has 1 fully saturated rings. The number of carbonyl (C=O) groups excluding carboxylic acids is 1. The van der Waals surface area contributed by atoms with Gasteiger partial charge in [0.25, 0.3) is 0 Å². The Bertz CT molecular complexity index is 1230. The quantitative estimate of drug-likeness (QED) is 0.424. The molecule has 0 amide bonds. The molecule has 0 unspecified atom stereocenters. The molecule has 31 heavy (non-hydrogen) atoms. The number of thiophene rings is 1. The van der Waals surface area contributed by atoms with Gasteiger partial charge < -0.3 is 9.80 Å². The van der Waals surface area contributed by atoms with Crippen molar-refractivity contribution in [2.24, 2.45) is 0 Å². The van der Waals surface area contributed by atoms with Crippen LogP contribution < -0.4 is 9.80 Å². The van der Waals surface area contributed by atoms with E-state index in [-0.39, 0.29) is 11.6 Å². The van der Waals surface area contributed by atoms with Gasteiger partial charge in [-0.2, -0.15) is 0 Å². The monoisotopic (exact) mass is 432 g/mol. The van der Waals surface area contributed by atoms with Crippen molar-refractivity contribution in [3.63, 3.8) is 0 Å². The van der Waals surface area contributed by atoms with E-state index in [1.54, 1.807) is 36.7 Å². The molecule has 7 heteroatoms. The molecule has 1 aliphatic heterocycles. The largest absolute Gasteiger partial charge is 0.368 e. The Morgan fingerprint density at radius 1 is 0.935 bits per heavy atom. The van der Waals surface area contributed by atoms with Gasteiger partial charge in [-0.3, -0.25) is 4.79 Å². The third kappa shape index (κ3) is 3.88. The van der Waals surface area contributed by atoms with Crippen molar-refractivity contribution in [1.29, 1.82) is 0 Å². The molecule has 0 atom stereocenters. The molecule has 4 aromatic rings. The number of benzene rings is 2. The molecule has 2 aromatic heterocycles. The highest BCUT2D eigenvalue weighted by molar-refractivity contribution is 7.22. The lowest BCUT2D eigenvalue weighted by atomic mass is 10.1. The lowest BCUT2D eigenvalue weighted by Gasteiger charge is -2.36. The highest BCUT2D eigenvalue weighted by Crippen LogP contribution is 2.37. The number of hydrogen-bond acceptors (Lipinski definition) is 6. The van der Waals surface area contributed by atoms with Gasteiger partial charge in [0.1, 0.15) is 18.0 Å². The zero-order valence-electron chi connectivity index (χ0n) is 17.1. The van der Waals surface area contributed by atoms with Crippen molar-refractivity contribution in [3.8, 4) is 10.4 Å². The second-order valence-corrected chi connectivity index (χ2v) is 8.66. The highest BCUT2D eigenvalue weighted by atomic mass is 32.1. The summed E-state index contributed by atoms with van der Waals surface area (Å²) in [5.41, 5.74) is 3.76. The Morgan fingerprint density at radius 3 is 2.29 bits per heavy atom. The lowest BCUT2D eigenvalue weighted by Crippen LogP contribution is -2.46. The molecule has 0 N–H and O–H groups in total. The Hall–Kier alpha value is -3.32. The summed E-state index contributed by atoms with van der Waals surface area (Å²) in [7, 11) is 0. The summed E-state index contributed by atoms with van der Waals surface area (Å²) in [4.78, 5) is 26.2. The van der Waals surface area contributed by atoms with Gasteiger partial charge in [0.15, 0.2) is 5.78 Å². The van der Waals surface area contributed by atoms with E-state index in [1.165, 1.54) is 12.1 Å². The number of Topliss-reactive ketones (excluding diaryl/α,β-unsaturated/α-hetero) is 1. The van der Waals surface area contributed by atoms with E-state index in [9.17, 15) is 9.18 Å². The summed E-state index contributed by atoms with van der Waals surface area (Å²) in [5.74, 6) is 0.800. The maximum atomic E-state index is 13.3. The van der Waals surface area contributed by atoms with E-state index >= 15 is 0 Å². The van der Waals surface area contributed by atoms with Crippen LogP contribution in [-0.2, 0) is 0 Å². The number of ketones is 1. The number of hydrogen-bond donors (Lipinski definition) is 0. The smallest absolute Gasteiger partial charge is 0.159 e. The zero-order chi connectivity index (χ0) is 21.4. The summed E-state index contributed by atoms with van der Waals surface area (Å²) >= 11 is 1.64. The van der Waals surface area contributed by atoms with Crippen LogP contribution in [0.1, 0.15) is 17.3 Å². The van der Waals surface area contributed by atoms with Crippen LogP contribution in [0.15, 0.2) is 60.9 Å². The van der Waals surface area contributed by atoms with Crippen molar-refractivity contribution in [3.05, 3.63) is 72.3 Å². The van der Waals surface area contributed by atoms with Crippen molar-refractivity contribution >= 4 is 38.8 Å². The molecule has 0 saturated carbocycles. The fourth-order valence-corrected chi connectivity index (χ4v) is 5.04. The first kappa shape index (κ1) is 19.6. The standard InChI is InChI=1S/C24H21FN4OS/c1-16(30)17-4-8-20(9-5-17)28-10-12-29(13-11-28)24-23-21(26-15-27-24)14-22(31-23)18-2-6-19(25)7-3-18/h2-9,14-15H,10-13H2,1H3. The number of halogens is 1. The van der Waals surface area contributed by atoms with E-state index < -0.39 is 0 Å². The molecule has 0 radical (unpaired) electrons. The Morgan fingerprint density at radius 2 is 1.61 bits per heavy atom. The minimum Gasteiger partial charge on any atom is -0.368 e. The fraction of sp³-hybridized carbons (Fsp3) is 0.208. The van der Waals surface area contributed by atoms with Crippen molar-refractivity contribution in [2.45, 2.75) is 6.92 Å². The van der Waals surface area contributed by atoms with Crippen molar-refractivity contribution in [1.82, 2.24) is 9.97 Å². The second-order valence-electron chi connectivity index (χ2n) is 7.61. The van der Waals surface area contributed by atoms with E-state index in [4.69, 9.17) is 0 Å². The SMILES string of the molecule is CC(=O)c1ccc(N2CCN(c3ncnc4cc(-c5ccc(F)cc5)sc34)CC2)cc1. The number of anilines is 2. The molecular weight excluding hydrogens is 411 g/mol. The first-order valence-electron chi connectivity index (χ1n) is 10.2. The molecule has 5 nitrogen and oxygen atoms in total. The topological polar surface area (TPSA) is 49.3 Å². The summed E-state index contributed by atoms with van der Waals surface area (Å²) in [6, 6.07) is 16.4. The molecule has 0 aliphatic carbocycles. The van der Waals surface area contributed by atoms with E-state index in [2.05, 4.69) is 19.8 Å². The lowest BCUT2D eigenvalue weighted by molar-refractivity contribution is 0.101. The normalized spacial score (nSPS) is 14.3. The van der Waals surface area contributed by atoms with Crippen molar-refractivity contribution < 1.29 is 9.18 Å². The van der Waals surface area contributed by atoms with Crippen LogP contribution in [0.3, 0.4) is 0 Å². The molecule has 156 valence electrons. The summed E-state index contributed by atoms with van der Waals surface area (Å²) in [6.45, 7) is 5.04. The Balaban J connectivity index is 1.35. The van der Waals surface area contributed by atoms with Gasteiger partial charge >= 0.3 is 0 Å². The van der Waals surface area contributed by atoms with Crippen LogP contribution in [-0.4, -0.2) is 41.9 Å². The summed E-state index contributed by atoms with van der Waals surface area (Å²) in [5, 5.41) is 0. The van der Waals surface area contributed by atoms with Gasteiger partial charge in [0.2, 0.25) is 0 Å². The zero-order valence-corrected chi connectivity index (χ0v) is 17.9. The van der Waals surface area contributed by atoms with Gasteiger partial charge in [0.05, 0.1) is 10.2 Å². The van der Waals surface area contributed by atoms with Crippen LogP contribution in [0.25, 0.3) is 20.7 Å². The number of piperazine rings is 1. The van der Waals surface area contributed by atoms with Gasteiger partial charge in [-0.15, -0.1) is 11.3 Å². The Labute approximate surface area is 183 Å². The second kappa shape index (κ2) is 8.07. The molecular formula is C24H21FN4OS. The van der Waals surface area contributed by atoms with Crippen LogP contribution >= 0.6 is 11.3 Å². The average Bonchev–Trinajstić information content (AvgIpc) is 3.24. The first-order valence-corrected chi connectivity index (χ1v) is 11.0. The van der Waals surface area contributed by atoms with Gasteiger partial charge in [-0.1, -0.05) is 12.1 Å². The minimum absolute atomic E-state index is 0.0834. The Kier molecular flexibility index (Phi) is 5.11. The number of carbonyl (C=O) groups is 1.